The predicted octanol–water partition coefficient (Wildman–Crippen LogP) is 2.98. The van der Waals surface area contributed by atoms with Crippen molar-refractivity contribution in [1.82, 2.24) is 0 Å². The second-order valence-corrected chi connectivity index (χ2v) is 5.01. The molecule has 0 atom stereocenters. The van der Waals surface area contributed by atoms with Gasteiger partial charge in [-0.2, -0.15) is 0 Å². The highest BCUT2D eigenvalue weighted by molar-refractivity contribution is 6.44. The molecule has 2 amide bonds. The molecule has 5 heteroatoms. The number of anilines is 1. The topological polar surface area (TPSA) is 57.6 Å². The first-order chi connectivity index (χ1) is 10.5. The highest BCUT2D eigenvalue weighted by Crippen LogP contribution is 2.31. The van der Waals surface area contributed by atoms with Crippen LogP contribution < -0.4 is 4.90 Å². The van der Waals surface area contributed by atoms with Crippen LogP contribution in [0.4, 0.5) is 10.1 Å². The number of hydrogen-bond acceptors (Lipinski definition) is 3. The number of carbonyl (C=O) groups excluding carboxylic acids is 2. The molecule has 0 bridgehead atoms. The fourth-order valence-corrected chi connectivity index (χ4v) is 2.32. The molecular formula is C17H12FNO3. The van der Waals surface area contributed by atoms with E-state index in [9.17, 15) is 19.1 Å². The van der Waals surface area contributed by atoms with Crippen molar-refractivity contribution in [1.29, 1.82) is 0 Å². The number of aliphatic hydroxyl groups is 1. The molecule has 1 aliphatic heterocycles. The minimum absolute atomic E-state index is 0.120. The lowest BCUT2D eigenvalue weighted by atomic mass is 10.1. The lowest BCUT2D eigenvalue weighted by Gasteiger charge is -2.14. The van der Waals surface area contributed by atoms with Crippen molar-refractivity contribution in [2.75, 3.05) is 4.90 Å². The molecule has 3 rings (SSSR count). The lowest BCUT2D eigenvalue weighted by Crippen LogP contribution is -2.31. The van der Waals surface area contributed by atoms with Crippen LogP contribution in [0.1, 0.15) is 11.1 Å². The van der Waals surface area contributed by atoms with Gasteiger partial charge >= 0.3 is 5.91 Å². The Hall–Kier alpha value is -2.95. The Bertz CT molecular complexity index is 792. The maximum absolute atomic E-state index is 13.0. The third kappa shape index (κ3) is 2.16. The molecule has 0 saturated carbocycles. The average Bonchev–Trinajstić information content (AvgIpc) is 2.72. The van der Waals surface area contributed by atoms with E-state index in [1.807, 2.05) is 6.92 Å². The van der Waals surface area contributed by atoms with Gasteiger partial charge in [-0.15, -0.1) is 0 Å². The van der Waals surface area contributed by atoms with Crippen LogP contribution in [0.3, 0.4) is 0 Å². The molecule has 0 saturated heterocycles. The zero-order valence-corrected chi connectivity index (χ0v) is 11.7. The molecule has 0 aromatic heterocycles. The predicted molar refractivity (Wildman–Crippen MR) is 79.6 cm³/mol. The third-order valence-corrected chi connectivity index (χ3v) is 3.48. The third-order valence-electron chi connectivity index (χ3n) is 3.48. The summed E-state index contributed by atoms with van der Waals surface area (Å²) in [7, 11) is 0. The summed E-state index contributed by atoms with van der Waals surface area (Å²) in [6, 6.07) is 11.8. The van der Waals surface area contributed by atoms with Crippen molar-refractivity contribution < 1.29 is 19.1 Å². The fourth-order valence-electron chi connectivity index (χ4n) is 2.32. The number of imide groups is 1. The second-order valence-electron chi connectivity index (χ2n) is 5.01. The highest BCUT2D eigenvalue weighted by atomic mass is 19.1. The summed E-state index contributed by atoms with van der Waals surface area (Å²) in [5, 5.41) is 10.0. The number of nitrogens with zero attached hydrogens (tertiary/aromatic N) is 1. The monoisotopic (exact) mass is 297 g/mol. The Morgan fingerprint density at radius 1 is 0.909 bits per heavy atom. The Morgan fingerprint density at radius 3 is 2.09 bits per heavy atom. The van der Waals surface area contributed by atoms with Crippen LogP contribution in [0.15, 0.2) is 54.3 Å². The molecule has 0 spiro atoms. The molecule has 0 fully saturated rings. The summed E-state index contributed by atoms with van der Waals surface area (Å²) in [4.78, 5) is 25.6. The number of amides is 2. The number of benzene rings is 2. The van der Waals surface area contributed by atoms with Crippen LogP contribution in [-0.4, -0.2) is 16.9 Å². The van der Waals surface area contributed by atoms with E-state index >= 15 is 0 Å². The molecule has 1 aliphatic rings. The summed E-state index contributed by atoms with van der Waals surface area (Å²) >= 11 is 0. The van der Waals surface area contributed by atoms with Crippen molar-refractivity contribution in [3.8, 4) is 0 Å². The van der Waals surface area contributed by atoms with Gasteiger partial charge in [0.15, 0.2) is 5.76 Å². The number of aryl methyl sites for hydroxylation is 1. The Labute approximate surface area is 126 Å². The van der Waals surface area contributed by atoms with Crippen LogP contribution in [0.5, 0.6) is 0 Å². The Balaban J connectivity index is 2.03. The van der Waals surface area contributed by atoms with Crippen molar-refractivity contribution >= 4 is 23.1 Å². The standard InChI is InChI=1S/C17H12FNO3/c1-10-2-8-13(9-3-10)19-16(21)14(15(20)17(19)22)11-4-6-12(18)7-5-11/h2-9,20H,1H3. The molecule has 1 N–H and O–H groups in total. The van der Waals surface area contributed by atoms with Crippen LogP contribution in [0.25, 0.3) is 5.57 Å². The molecule has 4 nitrogen and oxygen atoms in total. The first-order valence-corrected chi connectivity index (χ1v) is 6.63. The summed E-state index contributed by atoms with van der Waals surface area (Å²) in [5.41, 5.74) is 1.54. The lowest BCUT2D eigenvalue weighted by molar-refractivity contribution is -0.121. The molecule has 0 aliphatic carbocycles. The zero-order chi connectivity index (χ0) is 15.9. The number of hydrogen-bond donors (Lipinski definition) is 1. The van der Waals surface area contributed by atoms with Gasteiger partial charge in [0.1, 0.15) is 5.82 Å². The van der Waals surface area contributed by atoms with E-state index in [4.69, 9.17) is 0 Å². The normalized spacial score (nSPS) is 14.9. The van der Waals surface area contributed by atoms with E-state index in [0.29, 0.717) is 11.3 Å². The van der Waals surface area contributed by atoms with E-state index < -0.39 is 23.4 Å². The number of aliphatic hydroxyl groups excluding tert-OH is 1. The summed E-state index contributed by atoms with van der Waals surface area (Å²) < 4.78 is 13.0. The minimum Gasteiger partial charge on any atom is -0.502 e. The van der Waals surface area contributed by atoms with Gasteiger partial charge in [-0.3, -0.25) is 9.59 Å². The van der Waals surface area contributed by atoms with E-state index in [1.165, 1.54) is 24.3 Å². The van der Waals surface area contributed by atoms with Crippen LogP contribution >= 0.6 is 0 Å². The number of carbonyl (C=O) groups is 2. The number of halogens is 1. The highest BCUT2D eigenvalue weighted by Gasteiger charge is 2.40. The molecule has 110 valence electrons. The van der Waals surface area contributed by atoms with E-state index in [2.05, 4.69) is 0 Å². The van der Waals surface area contributed by atoms with Gasteiger partial charge in [0.05, 0.1) is 11.3 Å². The quantitative estimate of drug-likeness (QED) is 0.867. The number of rotatable bonds is 2. The maximum Gasteiger partial charge on any atom is 0.301 e. The van der Waals surface area contributed by atoms with Gasteiger partial charge in [-0.25, -0.2) is 9.29 Å². The molecule has 22 heavy (non-hydrogen) atoms. The van der Waals surface area contributed by atoms with Crippen LogP contribution in [0.2, 0.25) is 0 Å². The zero-order valence-electron chi connectivity index (χ0n) is 11.7. The van der Waals surface area contributed by atoms with Crippen LogP contribution in [-0.2, 0) is 9.59 Å². The summed E-state index contributed by atoms with van der Waals surface area (Å²) in [6.07, 6.45) is 0. The fraction of sp³-hybridized carbons (Fsp3) is 0.0588. The van der Waals surface area contributed by atoms with Gasteiger partial charge in [-0.1, -0.05) is 29.8 Å². The van der Waals surface area contributed by atoms with Crippen molar-refractivity contribution in [2.24, 2.45) is 0 Å². The van der Waals surface area contributed by atoms with Crippen LogP contribution in [0, 0.1) is 12.7 Å². The van der Waals surface area contributed by atoms with Crippen molar-refractivity contribution in [3.63, 3.8) is 0 Å². The van der Waals surface area contributed by atoms with Gasteiger partial charge in [0.2, 0.25) is 0 Å². The van der Waals surface area contributed by atoms with E-state index in [-0.39, 0.29) is 5.57 Å². The van der Waals surface area contributed by atoms with Gasteiger partial charge in [0.25, 0.3) is 5.91 Å². The second kappa shape index (κ2) is 5.11. The first-order valence-electron chi connectivity index (χ1n) is 6.63. The molecule has 1 heterocycles. The largest absolute Gasteiger partial charge is 0.502 e. The average molecular weight is 297 g/mol. The molecule has 2 aromatic carbocycles. The van der Waals surface area contributed by atoms with Gasteiger partial charge in [0, 0.05) is 0 Å². The van der Waals surface area contributed by atoms with E-state index in [1.54, 1.807) is 24.3 Å². The molecule has 0 radical (unpaired) electrons. The van der Waals surface area contributed by atoms with Crippen molar-refractivity contribution in [2.45, 2.75) is 6.92 Å². The smallest absolute Gasteiger partial charge is 0.301 e. The van der Waals surface area contributed by atoms with E-state index in [0.717, 1.165) is 10.5 Å². The first kappa shape index (κ1) is 14.0. The minimum atomic E-state index is -0.784. The maximum atomic E-state index is 13.0. The van der Waals surface area contributed by atoms with Gasteiger partial charge < -0.3 is 5.11 Å². The summed E-state index contributed by atoms with van der Waals surface area (Å²) in [5.74, 6) is -2.50. The Kier molecular flexibility index (Phi) is 3.25. The van der Waals surface area contributed by atoms with Gasteiger partial charge in [-0.05, 0) is 36.8 Å². The SMILES string of the molecule is Cc1ccc(N2C(=O)C(O)=C(c3ccc(F)cc3)C2=O)cc1. The Morgan fingerprint density at radius 2 is 1.50 bits per heavy atom. The molecule has 0 unspecified atom stereocenters. The van der Waals surface area contributed by atoms with Crippen molar-refractivity contribution in [3.05, 3.63) is 71.2 Å². The molecule has 2 aromatic rings. The molecular weight excluding hydrogens is 285 g/mol. The summed E-state index contributed by atoms with van der Waals surface area (Å²) in [6.45, 7) is 1.89.